The number of alkyl halides is 4. The molecule has 2 N–H and O–H groups in total. The molecule has 3 aromatic rings. The van der Waals surface area contributed by atoms with Crippen LogP contribution >= 0.6 is 11.3 Å². The third-order valence-electron chi connectivity index (χ3n) is 6.16. The number of nitrogens with zero attached hydrogens (tertiary/aromatic N) is 5. The van der Waals surface area contributed by atoms with E-state index in [9.17, 15) is 26.0 Å². The molecule has 38 heavy (non-hydrogen) atoms. The average molecular weight is 580 g/mol. The van der Waals surface area contributed by atoms with Crippen LogP contribution in [0.2, 0.25) is 0 Å². The van der Waals surface area contributed by atoms with Gasteiger partial charge in [0.2, 0.25) is 10.0 Å². The summed E-state index contributed by atoms with van der Waals surface area (Å²) in [7, 11) is -4.06. The van der Waals surface area contributed by atoms with Crippen LogP contribution in [0.15, 0.2) is 23.4 Å². The molecular weight excluding hydrogens is 554 g/mol. The lowest BCUT2D eigenvalue weighted by Gasteiger charge is -2.39. The van der Waals surface area contributed by atoms with Gasteiger partial charge in [0.05, 0.1) is 42.8 Å². The predicted molar refractivity (Wildman–Crippen MR) is 129 cm³/mol. The first-order valence-electron chi connectivity index (χ1n) is 11.6. The van der Waals surface area contributed by atoms with Gasteiger partial charge in [-0.2, -0.15) is 8.78 Å². The van der Waals surface area contributed by atoms with E-state index >= 15 is 0 Å². The molecule has 0 spiro atoms. The number of ether oxygens (including phenoxy) is 2. The first kappa shape index (κ1) is 27.1. The van der Waals surface area contributed by atoms with E-state index in [2.05, 4.69) is 30.0 Å². The van der Waals surface area contributed by atoms with Gasteiger partial charge >= 0.3 is 6.61 Å². The first-order valence-corrected chi connectivity index (χ1v) is 13.9. The van der Waals surface area contributed by atoms with Crippen molar-refractivity contribution in [1.82, 2.24) is 29.6 Å². The summed E-state index contributed by atoms with van der Waals surface area (Å²) in [6, 6.07) is 0.884. The molecule has 2 atom stereocenters. The number of aromatic nitrogens is 4. The van der Waals surface area contributed by atoms with Gasteiger partial charge in [0.25, 0.3) is 6.43 Å². The Hall–Kier alpha value is -2.44. The second-order valence-corrected chi connectivity index (χ2v) is 12.3. The molecule has 5 rings (SSSR count). The van der Waals surface area contributed by atoms with Crippen molar-refractivity contribution in [3.05, 3.63) is 23.5 Å². The van der Waals surface area contributed by atoms with Crippen molar-refractivity contribution in [2.45, 2.75) is 49.4 Å². The van der Waals surface area contributed by atoms with E-state index in [1.54, 1.807) is 6.92 Å². The molecule has 11 nitrogen and oxygen atoms in total. The van der Waals surface area contributed by atoms with Crippen LogP contribution in [0.4, 0.5) is 23.2 Å². The lowest BCUT2D eigenvalue weighted by molar-refractivity contribution is -0.134. The zero-order valence-electron chi connectivity index (χ0n) is 20.3. The van der Waals surface area contributed by atoms with Crippen LogP contribution in [0.25, 0.3) is 16.3 Å². The molecule has 17 heteroatoms. The lowest BCUT2D eigenvalue weighted by Crippen LogP contribution is -2.59. The second-order valence-electron chi connectivity index (χ2n) is 9.57. The van der Waals surface area contributed by atoms with Crippen molar-refractivity contribution < 1.29 is 35.5 Å². The van der Waals surface area contributed by atoms with Gasteiger partial charge in [0.1, 0.15) is 4.90 Å². The maximum Gasteiger partial charge on any atom is 0.345 e. The molecule has 0 amide bonds. The Bertz CT molecular complexity index is 1410. The largest absolute Gasteiger partial charge is 0.377 e. The Balaban J connectivity index is 1.59. The summed E-state index contributed by atoms with van der Waals surface area (Å²) in [5, 5.41) is 10.1. The van der Waals surface area contributed by atoms with E-state index in [-0.39, 0.29) is 48.1 Å². The van der Waals surface area contributed by atoms with Crippen LogP contribution in [0.3, 0.4) is 0 Å². The van der Waals surface area contributed by atoms with Crippen LogP contribution in [-0.4, -0.2) is 85.1 Å². The van der Waals surface area contributed by atoms with Crippen molar-refractivity contribution in [2.24, 2.45) is 0 Å². The lowest BCUT2D eigenvalue weighted by atomic mass is 10.0. The standard InChI is InChI=1S/C21H25F4N7O4S2/c1-11-5-31(6-12(27-11)8-36-20(24)25)14-3-13(38(33,34)30-21(2)9-35-10-21)7-32-15(14)4-26-17(32)19-29-28-18(37-19)16(22)23/h3-4,7,11-12,16,20,27,30H,5-6,8-10H2,1-2H3/t11-,12+/m0/s1. The number of sulfonamides is 1. The molecule has 3 aromatic heterocycles. The SMILES string of the molecule is C[C@H]1CN(c2cc(S(=O)(=O)NC3(C)COC3)cn3c(-c4nnc(C(F)F)s4)ncc23)C[C@H](COC(F)F)N1. The van der Waals surface area contributed by atoms with E-state index in [1.807, 2.05) is 11.8 Å². The number of halogens is 4. The molecule has 0 bridgehead atoms. The fraction of sp³-hybridized carbons (Fsp3) is 0.571. The molecule has 2 saturated heterocycles. The van der Waals surface area contributed by atoms with Crippen LogP contribution in [0, 0.1) is 0 Å². The zero-order valence-corrected chi connectivity index (χ0v) is 21.9. The van der Waals surface area contributed by atoms with Crippen LogP contribution < -0.4 is 14.9 Å². The highest BCUT2D eigenvalue weighted by Gasteiger charge is 2.38. The third kappa shape index (κ3) is 5.48. The number of hydrogen-bond donors (Lipinski definition) is 2. The van der Waals surface area contributed by atoms with E-state index in [1.165, 1.54) is 22.9 Å². The number of imidazole rings is 1. The van der Waals surface area contributed by atoms with E-state index in [4.69, 9.17) is 4.74 Å². The summed E-state index contributed by atoms with van der Waals surface area (Å²) in [6.07, 6.45) is 0.0123. The Kier molecular flexibility index (Phi) is 7.34. The molecule has 0 aliphatic carbocycles. The number of pyridine rings is 1. The molecule has 0 unspecified atom stereocenters. The van der Waals surface area contributed by atoms with Crippen molar-refractivity contribution in [3.63, 3.8) is 0 Å². The van der Waals surface area contributed by atoms with Crippen LogP contribution in [-0.2, 0) is 19.5 Å². The minimum absolute atomic E-state index is 0.0880. The molecule has 2 aliphatic heterocycles. The Morgan fingerprint density at radius 3 is 2.68 bits per heavy atom. The summed E-state index contributed by atoms with van der Waals surface area (Å²) in [5.41, 5.74) is 0.169. The highest BCUT2D eigenvalue weighted by atomic mass is 32.2. The molecule has 0 aromatic carbocycles. The van der Waals surface area contributed by atoms with Crippen molar-refractivity contribution in [3.8, 4) is 10.8 Å². The van der Waals surface area contributed by atoms with Crippen LogP contribution in [0.1, 0.15) is 25.3 Å². The van der Waals surface area contributed by atoms with Gasteiger partial charge in [-0.05, 0) is 19.9 Å². The minimum Gasteiger partial charge on any atom is -0.377 e. The van der Waals surface area contributed by atoms with Gasteiger partial charge in [0.15, 0.2) is 15.8 Å². The van der Waals surface area contributed by atoms with E-state index in [0.717, 1.165) is 0 Å². The number of nitrogens with one attached hydrogen (secondary N) is 2. The molecule has 2 fully saturated rings. The number of rotatable bonds is 9. The third-order valence-corrected chi connectivity index (χ3v) is 8.70. The Morgan fingerprint density at radius 2 is 2.05 bits per heavy atom. The topological polar surface area (TPSA) is 123 Å². The number of fused-ring (bicyclic) bond motifs is 1. The fourth-order valence-electron chi connectivity index (χ4n) is 4.54. The highest BCUT2D eigenvalue weighted by Crippen LogP contribution is 2.34. The molecule has 0 saturated carbocycles. The van der Waals surface area contributed by atoms with E-state index in [0.29, 0.717) is 29.1 Å². The quantitative estimate of drug-likeness (QED) is 0.368. The summed E-state index contributed by atoms with van der Waals surface area (Å²) in [5.74, 6) is 0.140. The van der Waals surface area contributed by atoms with Gasteiger partial charge in [-0.1, -0.05) is 11.3 Å². The van der Waals surface area contributed by atoms with Gasteiger partial charge in [-0.25, -0.2) is 26.9 Å². The molecule has 0 radical (unpaired) electrons. The first-order chi connectivity index (χ1) is 17.9. The average Bonchev–Trinajstić information content (AvgIpc) is 3.48. The maximum atomic E-state index is 13.4. The highest BCUT2D eigenvalue weighted by molar-refractivity contribution is 7.89. The Morgan fingerprint density at radius 1 is 1.29 bits per heavy atom. The van der Waals surface area contributed by atoms with Gasteiger partial charge in [-0.15, -0.1) is 10.2 Å². The fourth-order valence-corrected chi connectivity index (χ4v) is 6.63. The Labute approximate surface area is 219 Å². The monoisotopic (exact) mass is 579 g/mol. The number of anilines is 1. The summed E-state index contributed by atoms with van der Waals surface area (Å²) >= 11 is 0.653. The molecule has 5 heterocycles. The summed E-state index contributed by atoms with van der Waals surface area (Å²) in [6.45, 7) is 1.50. The van der Waals surface area contributed by atoms with Crippen molar-refractivity contribution in [1.29, 1.82) is 0 Å². The predicted octanol–water partition coefficient (Wildman–Crippen LogP) is 2.26. The normalized spacial score (nSPS) is 21.9. The van der Waals surface area contributed by atoms with Crippen molar-refractivity contribution in [2.75, 3.05) is 37.8 Å². The zero-order chi connectivity index (χ0) is 27.2. The van der Waals surface area contributed by atoms with E-state index < -0.39 is 39.6 Å². The maximum absolute atomic E-state index is 13.4. The molecule has 208 valence electrons. The number of piperazine rings is 1. The molecular formula is C21H25F4N7O4S2. The van der Waals surface area contributed by atoms with Crippen LogP contribution in [0.5, 0.6) is 0 Å². The summed E-state index contributed by atoms with van der Waals surface area (Å²) in [4.78, 5) is 6.10. The molecule has 2 aliphatic rings. The smallest absolute Gasteiger partial charge is 0.345 e. The second kappa shape index (κ2) is 10.3. The summed E-state index contributed by atoms with van der Waals surface area (Å²) < 4.78 is 92.3. The number of hydrogen-bond acceptors (Lipinski definition) is 10. The van der Waals surface area contributed by atoms with Gasteiger partial charge < -0.3 is 19.7 Å². The van der Waals surface area contributed by atoms with Crippen molar-refractivity contribution >= 4 is 32.6 Å². The van der Waals surface area contributed by atoms with Gasteiger partial charge in [-0.3, -0.25) is 4.40 Å². The minimum atomic E-state index is -4.06. The van der Waals surface area contributed by atoms with Gasteiger partial charge in [0, 0.05) is 31.4 Å².